The molecule has 136 valence electrons. The molecule has 0 heterocycles. The van der Waals surface area contributed by atoms with Crippen molar-refractivity contribution in [1.29, 1.82) is 0 Å². The number of ether oxygens (including phenoxy) is 1. The van der Waals surface area contributed by atoms with Crippen molar-refractivity contribution in [2.75, 3.05) is 6.61 Å². The summed E-state index contributed by atoms with van der Waals surface area (Å²) < 4.78 is 5.48. The van der Waals surface area contributed by atoms with Crippen molar-refractivity contribution in [3.05, 3.63) is 59.7 Å². The second kappa shape index (κ2) is 6.71. The van der Waals surface area contributed by atoms with Gasteiger partial charge in [-0.3, -0.25) is 0 Å². The number of rotatable bonds is 2. The van der Waals surface area contributed by atoms with Gasteiger partial charge in [0.2, 0.25) is 0 Å². The van der Waals surface area contributed by atoms with Crippen molar-refractivity contribution in [3.63, 3.8) is 0 Å². The molecule has 0 bridgehead atoms. The van der Waals surface area contributed by atoms with E-state index < -0.39 is 17.7 Å². The van der Waals surface area contributed by atoms with Crippen LogP contribution in [-0.4, -0.2) is 29.4 Å². The summed E-state index contributed by atoms with van der Waals surface area (Å²) in [5.41, 5.74) is 8.79. The molecule has 0 saturated heterocycles. The van der Waals surface area contributed by atoms with E-state index in [1.54, 1.807) is 20.8 Å². The minimum absolute atomic E-state index is 0.0678. The molecule has 0 fully saturated rings. The molecule has 6 heteroatoms. The Balaban J connectivity index is 1.81. The van der Waals surface area contributed by atoms with Crippen molar-refractivity contribution in [2.24, 2.45) is 5.73 Å². The van der Waals surface area contributed by atoms with Crippen molar-refractivity contribution in [1.82, 2.24) is 5.06 Å². The molecular formula is C20H22N2O4. The van der Waals surface area contributed by atoms with E-state index >= 15 is 0 Å². The van der Waals surface area contributed by atoms with Crippen LogP contribution < -0.4 is 5.73 Å². The number of primary amides is 1. The Morgan fingerprint density at radius 2 is 1.50 bits per heavy atom. The fraction of sp³-hybridized carbons (Fsp3) is 0.300. The van der Waals surface area contributed by atoms with Crippen LogP contribution in [-0.2, 0) is 9.57 Å². The van der Waals surface area contributed by atoms with Crippen LogP contribution in [0.5, 0.6) is 0 Å². The molecule has 2 N–H and O–H groups in total. The first-order valence-electron chi connectivity index (χ1n) is 8.41. The smallest absolute Gasteiger partial charge is 0.443 e. The second-order valence-electron chi connectivity index (χ2n) is 7.18. The Morgan fingerprint density at radius 3 is 1.96 bits per heavy atom. The summed E-state index contributed by atoms with van der Waals surface area (Å²) in [6.07, 6.45) is -1.81. The Kier molecular flexibility index (Phi) is 4.59. The quantitative estimate of drug-likeness (QED) is 0.825. The minimum atomic E-state index is -1.06. The van der Waals surface area contributed by atoms with Crippen LogP contribution in [0.25, 0.3) is 11.1 Å². The molecule has 26 heavy (non-hydrogen) atoms. The molecule has 6 nitrogen and oxygen atoms in total. The molecule has 2 aromatic carbocycles. The molecule has 0 atom stereocenters. The third-order valence-corrected chi connectivity index (χ3v) is 4.29. The lowest BCUT2D eigenvalue weighted by Gasteiger charge is -2.31. The van der Waals surface area contributed by atoms with E-state index in [0.717, 1.165) is 27.3 Å². The Morgan fingerprint density at radius 1 is 1.00 bits per heavy atom. The molecule has 0 unspecified atom stereocenters. The number of fused-ring (bicyclic) bond motifs is 3. The molecule has 1 aliphatic rings. The molecule has 0 spiro atoms. The molecule has 0 saturated carbocycles. The summed E-state index contributed by atoms with van der Waals surface area (Å²) in [6, 6.07) is 16.1. The maximum absolute atomic E-state index is 12.5. The number of benzene rings is 2. The summed E-state index contributed by atoms with van der Waals surface area (Å²) in [7, 11) is 0. The van der Waals surface area contributed by atoms with Gasteiger partial charge in [-0.25, -0.2) is 9.59 Å². The molecular weight excluding hydrogens is 332 g/mol. The van der Waals surface area contributed by atoms with E-state index in [0.29, 0.717) is 0 Å². The fourth-order valence-electron chi connectivity index (χ4n) is 3.19. The number of hydroxylamine groups is 2. The lowest BCUT2D eigenvalue weighted by Crippen LogP contribution is -2.48. The molecule has 0 radical (unpaired) electrons. The van der Waals surface area contributed by atoms with Crippen LogP contribution in [0.4, 0.5) is 9.59 Å². The van der Waals surface area contributed by atoms with Crippen LogP contribution in [0.1, 0.15) is 37.8 Å². The zero-order chi connectivity index (χ0) is 18.9. The highest BCUT2D eigenvalue weighted by Crippen LogP contribution is 2.44. The fourth-order valence-corrected chi connectivity index (χ4v) is 3.19. The van der Waals surface area contributed by atoms with E-state index in [4.69, 9.17) is 15.3 Å². The van der Waals surface area contributed by atoms with Gasteiger partial charge in [0.15, 0.2) is 0 Å². The highest BCUT2D eigenvalue weighted by atomic mass is 16.8. The largest absolute Gasteiger partial charge is 0.446 e. The van der Waals surface area contributed by atoms with Crippen LogP contribution in [0.3, 0.4) is 0 Å². The van der Waals surface area contributed by atoms with Gasteiger partial charge < -0.3 is 15.3 Å². The summed E-state index contributed by atoms with van der Waals surface area (Å²) in [6.45, 7) is 5.30. The third kappa shape index (κ3) is 3.35. The van der Waals surface area contributed by atoms with E-state index in [1.165, 1.54) is 0 Å². The van der Waals surface area contributed by atoms with Gasteiger partial charge in [0.25, 0.3) is 0 Å². The van der Waals surface area contributed by atoms with Gasteiger partial charge in [-0.15, -0.1) is 5.06 Å². The van der Waals surface area contributed by atoms with Crippen LogP contribution in [0.15, 0.2) is 48.5 Å². The highest BCUT2D eigenvalue weighted by molar-refractivity contribution is 5.79. The molecule has 0 aromatic heterocycles. The number of nitrogens with two attached hydrogens (primary N) is 1. The topological polar surface area (TPSA) is 81.9 Å². The number of carbonyl (C=O) groups is 2. The van der Waals surface area contributed by atoms with Crippen molar-refractivity contribution >= 4 is 12.2 Å². The summed E-state index contributed by atoms with van der Waals surface area (Å²) in [5.74, 6) is -0.0678. The predicted molar refractivity (Wildman–Crippen MR) is 97.3 cm³/mol. The van der Waals surface area contributed by atoms with E-state index in [9.17, 15) is 9.59 Å². The maximum Gasteiger partial charge on any atom is 0.443 e. The predicted octanol–water partition coefficient (Wildman–Crippen LogP) is 4.05. The van der Waals surface area contributed by atoms with Crippen molar-refractivity contribution < 1.29 is 19.2 Å². The standard InChI is InChI=1S/C20H22N2O4/c1-20(2,3)22(26-18(21)23)19(24)25-12-17-15-10-6-4-8-13(15)14-9-5-7-11-16(14)17/h4-11,17H,12H2,1-3H3,(H2,21,23). The van der Waals surface area contributed by atoms with Gasteiger partial charge in [-0.2, -0.15) is 0 Å². The summed E-state index contributed by atoms with van der Waals surface area (Å²) in [4.78, 5) is 28.4. The van der Waals surface area contributed by atoms with Crippen LogP contribution in [0.2, 0.25) is 0 Å². The zero-order valence-electron chi connectivity index (χ0n) is 15.1. The van der Waals surface area contributed by atoms with Gasteiger partial charge in [-0.05, 0) is 43.0 Å². The minimum Gasteiger partial charge on any atom is -0.446 e. The average Bonchev–Trinajstić information content (AvgIpc) is 2.90. The molecule has 3 rings (SSSR count). The lowest BCUT2D eigenvalue weighted by molar-refractivity contribution is -0.131. The monoisotopic (exact) mass is 354 g/mol. The molecule has 0 aliphatic heterocycles. The van der Waals surface area contributed by atoms with Crippen LogP contribution >= 0.6 is 0 Å². The van der Waals surface area contributed by atoms with Crippen molar-refractivity contribution in [3.8, 4) is 11.1 Å². The number of hydrogen-bond acceptors (Lipinski definition) is 4. The summed E-state index contributed by atoms with van der Waals surface area (Å²) >= 11 is 0. The number of amides is 2. The molecule has 2 aromatic rings. The number of carbonyl (C=O) groups excluding carboxylic acids is 2. The highest BCUT2D eigenvalue weighted by Gasteiger charge is 2.34. The molecule has 2 amide bonds. The normalized spacial score (nSPS) is 12.9. The first-order valence-corrected chi connectivity index (χ1v) is 8.41. The van der Waals surface area contributed by atoms with Crippen molar-refractivity contribution in [2.45, 2.75) is 32.2 Å². The van der Waals surface area contributed by atoms with Gasteiger partial charge in [0.1, 0.15) is 6.61 Å². The van der Waals surface area contributed by atoms with E-state index in [1.807, 2.05) is 36.4 Å². The second-order valence-corrected chi connectivity index (χ2v) is 7.18. The van der Waals surface area contributed by atoms with E-state index in [-0.39, 0.29) is 12.5 Å². The summed E-state index contributed by atoms with van der Waals surface area (Å²) in [5, 5.41) is 0.863. The van der Waals surface area contributed by atoms with Crippen LogP contribution in [0, 0.1) is 0 Å². The Bertz CT molecular complexity index is 796. The number of hydrogen-bond donors (Lipinski definition) is 1. The van der Waals surface area contributed by atoms with Gasteiger partial charge in [0.05, 0.1) is 5.54 Å². The first-order chi connectivity index (χ1) is 12.3. The maximum atomic E-state index is 12.5. The Labute approximate surface area is 152 Å². The van der Waals surface area contributed by atoms with Gasteiger partial charge in [-0.1, -0.05) is 48.5 Å². The molecule has 1 aliphatic carbocycles. The van der Waals surface area contributed by atoms with Gasteiger partial charge >= 0.3 is 12.2 Å². The Hall–Kier alpha value is -3.02. The number of nitrogens with zero attached hydrogens (tertiary/aromatic N) is 1. The third-order valence-electron chi connectivity index (χ3n) is 4.29. The first kappa shape index (κ1) is 17.8. The zero-order valence-corrected chi connectivity index (χ0v) is 15.1. The van der Waals surface area contributed by atoms with E-state index in [2.05, 4.69) is 12.1 Å². The lowest BCUT2D eigenvalue weighted by atomic mass is 9.98. The SMILES string of the molecule is CC(C)(C)N(OC(N)=O)C(=O)OCC1c2ccccc2-c2ccccc21. The average molecular weight is 354 g/mol. The van der Waals surface area contributed by atoms with Gasteiger partial charge in [0, 0.05) is 5.92 Å².